The van der Waals surface area contributed by atoms with Crippen molar-refractivity contribution in [2.24, 2.45) is 11.3 Å². The molecular formula is C14H21NO3S. The molecule has 4 nitrogen and oxygen atoms in total. The molecule has 0 saturated heterocycles. The maximum Gasteiger partial charge on any atom is 0.310 e. The number of aliphatic carboxylic acids is 1. The van der Waals surface area contributed by atoms with Crippen LogP contribution in [0.1, 0.15) is 45.0 Å². The van der Waals surface area contributed by atoms with Gasteiger partial charge >= 0.3 is 5.97 Å². The highest BCUT2D eigenvalue weighted by atomic mass is 32.1. The predicted molar refractivity (Wildman–Crippen MR) is 76.1 cm³/mol. The van der Waals surface area contributed by atoms with Gasteiger partial charge in [-0.3, -0.25) is 9.59 Å². The van der Waals surface area contributed by atoms with Gasteiger partial charge in [-0.2, -0.15) is 0 Å². The number of carboxylic acid groups (broad SMARTS) is 1. The summed E-state index contributed by atoms with van der Waals surface area (Å²) in [7, 11) is 0. The largest absolute Gasteiger partial charge is 0.481 e. The van der Waals surface area contributed by atoms with Crippen LogP contribution < -0.4 is 5.32 Å². The number of hydrogen-bond donors (Lipinski definition) is 2. The number of carbonyl (C=O) groups excluding carboxylic acids is 1. The summed E-state index contributed by atoms with van der Waals surface area (Å²) >= 11 is 1.57. The van der Waals surface area contributed by atoms with Crippen molar-refractivity contribution >= 4 is 23.2 Å². The van der Waals surface area contributed by atoms with Gasteiger partial charge in [-0.1, -0.05) is 19.9 Å². The van der Waals surface area contributed by atoms with E-state index in [2.05, 4.69) is 5.32 Å². The number of carboxylic acids is 1. The second kappa shape index (κ2) is 6.19. The lowest BCUT2D eigenvalue weighted by atomic mass is 9.76. The number of nitrogens with one attached hydrogen (secondary N) is 1. The van der Waals surface area contributed by atoms with Gasteiger partial charge in [-0.05, 0) is 31.2 Å². The number of amides is 1. The Morgan fingerprint density at radius 1 is 1.42 bits per heavy atom. The fourth-order valence-electron chi connectivity index (χ4n) is 1.76. The van der Waals surface area contributed by atoms with Crippen LogP contribution in [-0.4, -0.2) is 17.0 Å². The van der Waals surface area contributed by atoms with Crippen molar-refractivity contribution in [3.63, 3.8) is 0 Å². The number of rotatable bonds is 6. The minimum absolute atomic E-state index is 0.00425. The average Bonchev–Trinajstić information content (AvgIpc) is 2.81. The Balaban J connectivity index is 2.66. The zero-order chi connectivity index (χ0) is 14.6. The molecule has 2 N–H and O–H groups in total. The maximum absolute atomic E-state index is 12.0. The lowest BCUT2D eigenvalue weighted by Crippen LogP contribution is -2.39. The molecule has 1 aromatic rings. The molecule has 0 bridgehead atoms. The Labute approximate surface area is 117 Å². The van der Waals surface area contributed by atoms with Crippen molar-refractivity contribution in [1.29, 1.82) is 0 Å². The van der Waals surface area contributed by atoms with Gasteiger partial charge in [0, 0.05) is 11.3 Å². The maximum atomic E-state index is 12.0. The Hall–Kier alpha value is -1.36. The van der Waals surface area contributed by atoms with Crippen molar-refractivity contribution < 1.29 is 14.7 Å². The van der Waals surface area contributed by atoms with Crippen LogP contribution in [0.3, 0.4) is 0 Å². The third kappa shape index (κ3) is 3.80. The summed E-state index contributed by atoms with van der Waals surface area (Å²) in [6.45, 7) is 7.17. The van der Waals surface area contributed by atoms with Crippen molar-refractivity contribution in [3.05, 3.63) is 22.4 Å². The molecule has 1 heterocycles. The summed E-state index contributed by atoms with van der Waals surface area (Å²) in [5, 5.41) is 14.1. The van der Waals surface area contributed by atoms with Crippen molar-refractivity contribution in [2.75, 3.05) is 0 Å². The molecule has 1 amide bonds. The molecule has 1 unspecified atom stereocenters. The zero-order valence-electron chi connectivity index (χ0n) is 11.8. The highest BCUT2D eigenvalue weighted by Gasteiger charge is 2.38. The molecule has 0 fully saturated rings. The minimum Gasteiger partial charge on any atom is -0.481 e. The molecule has 0 aliphatic carbocycles. The SMILES string of the molecule is CC(C)C(C)(CC(=O)N[C@@H](C)c1cccs1)C(=O)O. The lowest BCUT2D eigenvalue weighted by Gasteiger charge is -2.28. The summed E-state index contributed by atoms with van der Waals surface area (Å²) in [5.74, 6) is -1.26. The Morgan fingerprint density at radius 3 is 2.47 bits per heavy atom. The molecule has 19 heavy (non-hydrogen) atoms. The van der Waals surface area contributed by atoms with E-state index in [1.807, 2.05) is 38.3 Å². The minimum atomic E-state index is -1.03. The summed E-state index contributed by atoms with van der Waals surface area (Å²) in [6.07, 6.45) is -0.00425. The molecule has 1 rings (SSSR count). The number of carbonyl (C=O) groups is 2. The molecule has 2 atom stereocenters. The molecule has 1 aromatic heterocycles. The van der Waals surface area contributed by atoms with Crippen molar-refractivity contribution in [2.45, 2.75) is 40.2 Å². The van der Waals surface area contributed by atoms with E-state index >= 15 is 0 Å². The van der Waals surface area contributed by atoms with E-state index in [0.29, 0.717) is 0 Å². The second-order valence-corrected chi connectivity index (χ2v) is 6.34. The molecule has 0 aromatic carbocycles. The second-order valence-electron chi connectivity index (χ2n) is 5.36. The van der Waals surface area contributed by atoms with Crippen LogP contribution in [0.5, 0.6) is 0 Å². The smallest absolute Gasteiger partial charge is 0.310 e. The van der Waals surface area contributed by atoms with Crippen LogP contribution in [0.4, 0.5) is 0 Å². The summed E-state index contributed by atoms with van der Waals surface area (Å²) in [5.41, 5.74) is -1.03. The van der Waals surface area contributed by atoms with E-state index in [1.165, 1.54) is 0 Å². The summed E-state index contributed by atoms with van der Waals surface area (Å²) < 4.78 is 0. The fraction of sp³-hybridized carbons (Fsp3) is 0.571. The third-order valence-corrected chi connectivity index (χ3v) is 4.69. The van der Waals surface area contributed by atoms with E-state index in [9.17, 15) is 14.7 Å². The van der Waals surface area contributed by atoms with Crippen molar-refractivity contribution in [3.8, 4) is 0 Å². The summed E-state index contributed by atoms with van der Waals surface area (Å²) in [4.78, 5) is 24.4. The van der Waals surface area contributed by atoms with Gasteiger partial charge in [0.25, 0.3) is 0 Å². The van der Waals surface area contributed by atoms with E-state index < -0.39 is 11.4 Å². The molecule has 5 heteroatoms. The quantitative estimate of drug-likeness (QED) is 0.843. The highest BCUT2D eigenvalue weighted by molar-refractivity contribution is 7.10. The topological polar surface area (TPSA) is 66.4 Å². The van der Waals surface area contributed by atoms with Gasteiger partial charge in [0.15, 0.2) is 0 Å². The molecule has 0 aliphatic heterocycles. The van der Waals surface area contributed by atoms with Crippen LogP contribution in [0.2, 0.25) is 0 Å². The van der Waals surface area contributed by atoms with E-state index in [4.69, 9.17) is 0 Å². The fourth-order valence-corrected chi connectivity index (χ4v) is 2.50. The van der Waals surface area contributed by atoms with Gasteiger partial charge in [0.1, 0.15) is 0 Å². The van der Waals surface area contributed by atoms with Crippen LogP contribution in [0.15, 0.2) is 17.5 Å². The molecule has 106 valence electrons. The van der Waals surface area contributed by atoms with Gasteiger partial charge < -0.3 is 10.4 Å². The first-order chi connectivity index (χ1) is 8.77. The monoisotopic (exact) mass is 283 g/mol. The van der Waals surface area contributed by atoms with Gasteiger partial charge in [0.2, 0.25) is 5.91 Å². The first-order valence-corrected chi connectivity index (χ1v) is 7.21. The molecule has 0 radical (unpaired) electrons. The van der Waals surface area contributed by atoms with E-state index in [-0.39, 0.29) is 24.3 Å². The highest BCUT2D eigenvalue weighted by Crippen LogP contribution is 2.31. The Morgan fingerprint density at radius 2 is 2.05 bits per heavy atom. The lowest BCUT2D eigenvalue weighted by molar-refractivity contribution is -0.153. The number of thiophene rings is 1. The van der Waals surface area contributed by atoms with Crippen molar-refractivity contribution in [1.82, 2.24) is 5.32 Å². The predicted octanol–water partition coefficient (Wildman–Crippen LogP) is 3.06. The standard InChI is InChI=1S/C14H21NO3S/c1-9(2)14(4,13(17)18)8-12(16)15-10(3)11-6-5-7-19-11/h5-7,9-10H,8H2,1-4H3,(H,15,16)(H,17,18)/t10-,14?/m0/s1. The van der Waals surface area contributed by atoms with Crippen LogP contribution >= 0.6 is 11.3 Å². The average molecular weight is 283 g/mol. The van der Waals surface area contributed by atoms with E-state index in [0.717, 1.165) is 4.88 Å². The van der Waals surface area contributed by atoms with Crippen LogP contribution in [-0.2, 0) is 9.59 Å². The van der Waals surface area contributed by atoms with Gasteiger partial charge in [-0.25, -0.2) is 0 Å². The number of hydrogen-bond acceptors (Lipinski definition) is 3. The molecule has 0 saturated carbocycles. The first kappa shape index (κ1) is 15.7. The Kier molecular flexibility index (Phi) is 5.11. The molecule has 0 spiro atoms. The van der Waals surface area contributed by atoms with Gasteiger partial charge in [-0.15, -0.1) is 11.3 Å². The van der Waals surface area contributed by atoms with E-state index in [1.54, 1.807) is 18.3 Å². The third-order valence-electron chi connectivity index (χ3n) is 3.64. The normalized spacial score (nSPS) is 15.8. The Bertz CT molecular complexity index is 442. The first-order valence-electron chi connectivity index (χ1n) is 6.33. The molecule has 0 aliphatic rings. The van der Waals surface area contributed by atoms with Crippen LogP contribution in [0, 0.1) is 11.3 Å². The zero-order valence-corrected chi connectivity index (χ0v) is 12.6. The van der Waals surface area contributed by atoms with Crippen LogP contribution in [0.25, 0.3) is 0 Å². The molecular weight excluding hydrogens is 262 g/mol. The van der Waals surface area contributed by atoms with Gasteiger partial charge in [0.05, 0.1) is 11.5 Å². The summed E-state index contributed by atoms with van der Waals surface area (Å²) in [6, 6.07) is 3.80.